The van der Waals surface area contributed by atoms with Crippen LogP contribution in [0, 0.1) is 0 Å². The molecule has 0 aliphatic carbocycles. The highest BCUT2D eigenvalue weighted by Gasteiger charge is 2.22. The molecule has 0 radical (unpaired) electrons. The monoisotopic (exact) mass is 659 g/mol. The van der Waals surface area contributed by atoms with Crippen LogP contribution in [0.1, 0.15) is 82.9 Å². The van der Waals surface area contributed by atoms with Gasteiger partial charge in [-0.05, 0) is 65.4 Å². The number of rotatable bonds is 8. The van der Waals surface area contributed by atoms with Crippen molar-refractivity contribution in [3.8, 4) is 0 Å². The first kappa shape index (κ1) is 33.5. The predicted octanol–water partition coefficient (Wildman–Crippen LogP) is 3.81. The number of aromatic nitrogens is 1. The molecule has 5 aromatic rings. The first-order chi connectivity index (χ1) is 22.4. The third kappa shape index (κ3) is 6.35. The van der Waals surface area contributed by atoms with Crippen LogP contribution in [-0.4, -0.2) is 93.6 Å². The van der Waals surface area contributed by atoms with E-state index in [1.807, 2.05) is 0 Å². The normalized spacial score (nSPS) is 10.6. The average molecular weight is 659 g/mol. The fourth-order valence-corrected chi connectivity index (χ4v) is 4.70. The van der Waals surface area contributed by atoms with Crippen molar-refractivity contribution >= 4 is 80.3 Å². The van der Waals surface area contributed by atoms with E-state index < -0.39 is 70.0 Å². The second-order valence-electron chi connectivity index (χ2n) is 9.75. The largest absolute Gasteiger partial charge is 0.478 e. The number of carboxylic acid groups (broad SMARTS) is 8. The van der Waals surface area contributed by atoms with Gasteiger partial charge in [-0.25, -0.2) is 43.3 Å². The van der Waals surface area contributed by atoms with Crippen LogP contribution in [0.25, 0.3) is 32.6 Å². The van der Waals surface area contributed by atoms with Gasteiger partial charge in [-0.15, -0.1) is 0 Å². The Balaban J connectivity index is 0.000000220. The maximum Gasteiger partial charge on any atom is 0.336 e. The fourth-order valence-electron chi connectivity index (χ4n) is 4.70. The first-order valence-electron chi connectivity index (χ1n) is 12.8. The van der Waals surface area contributed by atoms with Crippen molar-refractivity contribution in [1.29, 1.82) is 0 Å². The highest BCUT2D eigenvalue weighted by molar-refractivity contribution is 6.15. The van der Waals surface area contributed by atoms with Crippen LogP contribution in [-0.2, 0) is 0 Å². The maximum atomic E-state index is 11.5. The fraction of sp³-hybridized carbons (Fsp3) is 0. The van der Waals surface area contributed by atoms with Crippen LogP contribution in [0.5, 0.6) is 0 Å². The molecular formula is C31H17NO16. The molecule has 0 spiro atoms. The molecule has 0 aliphatic heterocycles. The maximum absolute atomic E-state index is 11.5. The summed E-state index contributed by atoms with van der Waals surface area (Å²) in [5.74, 6) is -11.4. The van der Waals surface area contributed by atoms with E-state index in [4.69, 9.17) is 30.6 Å². The second kappa shape index (κ2) is 12.5. The van der Waals surface area contributed by atoms with Gasteiger partial charge in [-0.2, -0.15) is 0 Å². The molecule has 0 bridgehead atoms. The Bertz CT molecular complexity index is 2160. The lowest BCUT2D eigenvalue weighted by Gasteiger charge is -2.09. The number of fused-ring (bicyclic) bond motifs is 3. The van der Waals surface area contributed by atoms with Crippen LogP contribution in [0.2, 0.25) is 0 Å². The second-order valence-corrected chi connectivity index (χ2v) is 9.75. The van der Waals surface area contributed by atoms with E-state index in [0.717, 1.165) is 48.5 Å². The van der Waals surface area contributed by atoms with Crippen LogP contribution in [0.15, 0.2) is 54.6 Å². The summed E-state index contributed by atoms with van der Waals surface area (Å²) in [5, 5.41) is 73.0. The molecule has 1 heterocycles. The van der Waals surface area contributed by atoms with Crippen molar-refractivity contribution < 1.29 is 79.2 Å². The third-order valence-corrected chi connectivity index (χ3v) is 6.83. The summed E-state index contributed by atoms with van der Waals surface area (Å²) in [7, 11) is 0. The van der Waals surface area contributed by atoms with Gasteiger partial charge in [0, 0.05) is 10.8 Å². The van der Waals surface area contributed by atoms with Crippen molar-refractivity contribution in [2.45, 2.75) is 0 Å². The van der Waals surface area contributed by atoms with E-state index in [-0.39, 0.29) is 54.8 Å². The van der Waals surface area contributed by atoms with Crippen molar-refractivity contribution in [2.75, 3.05) is 0 Å². The van der Waals surface area contributed by atoms with Crippen LogP contribution in [0.3, 0.4) is 0 Å². The molecule has 0 unspecified atom stereocenters. The van der Waals surface area contributed by atoms with Crippen molar-refractivity contribution in [3.63, 3.8) is 0 Å². The lowest BCUT2D eigenvalue weighted by atomic mass is 9.94. The minimum atomic E-state index is -1.49. The highest BCUT2D eigenvalue weighted by atomic mass is 16.4. The number of nitrogens with zero attached hydrogens (tertiary/aromatic N) is 1. The Hall–Kier alpha value is -7.43. The summed E-state index contributed by atoms with van der Waals surface area (Å²) in [6.45, 7) is 0. The molecule has 48 heavy (non-hydrogen) atoms. The Morgan fingerprint density at radius 3 is 0.812 bits per heavy atom. The zero-order valence-electron chi connectivity index (χ0n) is 23.5. The first-order valence-corrected chi connectivity index (χ1v) is 12.8. The Morgan fingerprint density at radius 1 is 0.312 bits per heavy atom. The molecule has 5 rings (SSSR count). The molecule has 4 aromatic carbocycles. The molecule has 0 amide bonds. The Labute approximate surface area is 263 Å². The minimum absolute atomic E-state index is 0.00585. The van der Waals surface area contributed by atoms with Crippen LogP contribution in [0.4, 0.5) is 0 Å². The van der Waals surface area contributed by atoms with Crippen molar-refractivity contribution in [2.24, 2.45) is 0 Å². The number of carbonyl (C=O) groups is 8. The lowest BCUT2D eigenvalue weighted by molar-refractivity contribution is 0.0674. The molecule has 242 valence electrons. The standard InChI is InChI=1S/C17H9NO8.C14H8O8/c19-14(20)6-1-10(16(23)24)8-5-9-11(17(25)26)2-7(15(21)22)4-13(9)18-12(8)3-6;15-11(16)5-1-7-8(10(3-5)14(21)22)2-6(12(17)18)4-9(7)13(19)20/h1-5H,(H,19,20)(H,21,22)(H,23,24)(H,25,26);1-4H,(H,15,16)(H,17,18)(H,19,20)(H,21,22). The summed E-state index contributed by atoms with van der Waals surface area (Å²) in [5.41, 5.74) is -3.13. The van der Waals surface area contributed by atoms with Gasteiger partial charge in [0.1, 0.15) is 0 Å². The highest BCUT2D eigenvalue weighted by Crippen LogP contribution is 2.29. The van der Waals surface area contributed by atoms with E-state index in [1.54, 1.807) is 0 Å². The quantitative estimate of drug-likeness (QED) is 0.110. The summed E-state index contributed by atoms with van der Waals surface area (Å²) in [4.78, 5) is 94.0. The number of carboxylic acids is 8. The van der Waals surface area contributed by atoms with Crippen molar-refractivity contribution in [3.05, 3.63) is 99.1 Å². The molecule has 0 aliphatic rings. The van der Waals surface area contributed by atoms with Gasteiger partial charge in [-0.3, -0.25) is 0 Å². The zero-order valence-corrected chi connectivity index (χ0v) is 23.5. The molecule has 17 nitrogen and oxygen atoms in total. The van der Waals surface area contributed by atoms with Gasteiger partial charge in [0.2, 0.25) is 0 Å². The zero-order chi connectivity index (χ0) is 35.8. The molecule has 0 atom stereocenters. The predicted molar refractivity (Wildman–Crippen MR) is 159 cm³/mol. The Morgan fingerprint density at radius 2 is 0.562 bits per heavy atom. The van der Waals surface area contributed by atoms with E-state index in [0.29, 0.717) is 0 Å². The molecule has 0 fully saturated rings. The van der Waals surface area contributed by atoms with Gasteiger partial charge < -0.3 is 40.9 Å². The van der Waals surface area contributed by atoms with Crippen molar-refractivity contribution in [1.82, 2.24) is 4.98 Å². The summed E-state index contributed by atoms with van der Waals surface area (Å²) in [6.07, 6.45) is 0. The van der Waals surface area contributed by atoms with Gasteiger partial charge in [0.25, 0.3) is 0 Å². The van der Waals surface area contributed by atoms with Gasteiger partial charge in [-0.1, -0.05) is 0 Å². The number of benzene rings is 4. The number of pyridine rings is 1. The van der Waals surface area contributed by atoms with E-state index in [9.17, 15) is 48.6 Å². The smallest absolute Gasteiger partial charge is 0.336 e. The van der Waals surface area contributed by atoms with Gasteiger partial charge in [0.15, 0.2) is 0 Å². The third-order valence-electron chi connectivity index (χ3n) is 6.83. The summed E-state index contributed by atoms with van der Waals surface area (Å²) in [6, 6.07) is 9.13. The van der Waals surface area contributed by atoms with E-state index in [1.165, 1.54) is 6.07 Å². The average Bonchev–Trinajstić information content (AvgIpc) is 3.01. The molecule has 0 saturated carbocycles. The van der Waals surface area contributed by atoms with Crippen LogP contribution >= 0.6 is 0 Å². The van der Waals surface area contributed by atoms with Gasteiger partial charge in [0.05, 0.1) is 55.5 Å². The number of hydrogen-bond donors (Lipinski definition) is 8. The molecule has 1 aromatic heterocycles. The number of hydrogen-bond acceptors (Lipinski definition) is 9. The topological polar surface area (TPSA) is 311 Å². The summed E-state index contributed by atoms with van der Waals surface area (Å²) >= 11 is 0. The van der Waals surface area contributed by atoms with Crippen LogP contribution < -0.4 is 0 Å². The lowest BCUT2D eigenvalue weighted by Crippen LogP contribution is -2.08. The Kier molecular flexibility index (Phi) is 8.73. The molecular weight excluding hydrogens is 642 g/mol. The molecule has 8 N–H and O–H groups in total. The minimum Gasteiger partial charge on any atom is -0.478 e. The molecule has 17 heteroatoms. The van der Waals surface area contributed by atoms with Gasteiger partial charge >= 0.3 is 47.8 Å². The van der Waals surface area contributed by atoms with E-state index in [2.05, 4.69) is 4.98 Å². The SMILES string of the molecule is O=C(O)c1cc(C(=O)O)c2cc(C(=O)O)cc(C(=O)O)c2c1.O=C(O)c1cc(C(=O)O)c2cc3c(C(=O)O)cc(C(=O)O)cc3nc2c1. The van der Waals surface area contributed by atoms with E-state index >= 15 is 0 Å². The number of aromatic carboxylic acids is 8. The summed E-state index contributed by atoms with van der Waals surface area (Å²) < 4.78 is 0. The molecule has 0 saturated heterocycles.